The number of likely N-dealkylation sites (N-methyl/N-ethyl adjacent to an activating group) is 1. The van der Waals surface area contributed by atoms with E-state index in [0.29, 0.717) is 17.7 Å². The number of carbonyl (C=O) groups is 1. The SMILES string of the molecule is COCCC=Cc1cccc([C@@]2(c3ccc(OC(F)F)cc3)N=C(N)N(C)C2=O)c1. The number of aliphatic imine (C=N–C) groups is 1. The molecule has 1 aliphatic rings. The molecular formula is C22H23F2N3O3. The maximum Gasteiger partial charge on any atom is 0.387 e. The van der Waals surface area contributed by atoms with Crippen LogP contribution in [0.4, 0.5) is 8.78 Å². The molecule has 0 radical (unpaired) electrons. The molecule has 0 unspecified atom stereocenters. The Morgan fingerprint density at radius 2 is 1.93 bits per heavy atom. The van der Waals surface area contributed by atoms with Crippen molar-refractivity contribution in [2.75, 3.05) is 20.8 Å². The molecule has 1 atom stereocenters. The standard InChI is InChI=1S/C22H23F2N3O3/c1-27-19(28)22(26-21(27)25,16-9-11-18(12-10-16)30-20(23)24)17-8-5-7-15(14-17)6-3-4-13-29-2/h3,5-12,14,20H,4,13H2,1-2H3,(H2,25,26)/t22-/m1/s1. The van der Waals surface area contributed by atoms with Crippen LogP contribution in [0.1, 0.15) is 23.1 Å². The first-order valence-corrected chi connectivity index (χ1v) is 9.33. The minimum atomic E-state index is -2.93. The summed E-state index contributed by atoms with van der Waals surface area (Å²) in [5.74, 6) is -0.258. The molecule has 1 amide bonds. The van der Waals surface area contributed by atoms with Crippen molar-refractivity contribution in [3.05, 3.63) is 71.3 Å². The summed E-state index contributed by atoms with van der Waals surface area (Å²) in [6.45, 7) is -2.32. The predicted molar refractivity (Wildman–Crippen MR) is 110 cm³/mol. The number of nitrogens with zero attached hydrogens (tertiary/aromatic N) is 2. The zero-order valence-electron chi connectivity index (χ0n) is 16.7. The van der Waals surface area contributed by atoms with Gasteiger partial charge in [0.05, 0.1) is 0 Å². The van der Waals surface area contributed by atoms with E-state index in [1.807, 2.05) is 30.4 Å². The highest BCUT2D eigenvalue weighted by Crippen LogP contribution is 2.40. The quantitative estimate of drug-likeness (QED) is 0.671. The van der Waals surface area contributed by atoms with Crippen LogP contribution in [0.5, 0.6) is 5.75 Å². The number of hydrogen-bond acceptors (Lipinski definition) is 5. The van der Waals surface area contributed by atoms with Crippen LogP contribution in [0, 0.1) is 0 Å². The molecule has 0 aromatic heterocycles. The van der Waals surface area contributed by atoms with Gasteiger partial charge in [-0.1, -0.05) is 42.5 Å². The molecular weight excluding hydrogens is 392 g/mol. The van der Waals surface area contributed by atoms with Crippen molar-refractivity contribution < 1.29 is 23.0 Å². The van der Waals surface area contributed by atoms with Crippen molar-refractivity contribution in [1.82, 2.24) is 4.90 Å². The van der Waals surface area contributed by atoms with Gasteiger partial charge < -0.3 is 15.2 Å². The molecule has 0 saturated heterocycles. The average molecular weight is 415 g/mol. The number of methoxy groups -OCH3 is 1. The third-order valence-electron chi connectivity index (χ3n) is 4.84. The number of carbonyl (C=O) groups excluding carboxylic acids is 1. The van der Waals surface area contributed by atoms with Crippen LogP contribution in [-0.2, 0) is 15.1 Å². The van der Waals surface area contributed by atoms with E-state index < -0.39 is 12.2 Å². The van der Waals surface area contributed by atoms with Crippen LogP contribution >= 0.6 is 0 Å². The van der Waals surface area contributed by atoms with Gasteiger partial charge in [-0.25, -0.2) is 4.99 Å². The summed E-state index contributed by atoms with van der Waals surface area (Å²) in [5.41, 5.74) is 6.57. The minimum Gasteiger partial charge on any atom is -0.435 e. The fraction of sp³-hybridized carbons (Fsp3) is 0.273. The number of ether oxygens (including phenoxy) is 2. The van der Waals surface area contributed by atoms with E-state index in [1.54, 1.807) is 32.4 Å². The molecule has 6 nitrogen and oxygen atoms in total. The molecule has 8 heteroatoms. The Bertz CT molecular complexity index is 960. The van der Waals surface area contributed by atoms with Gasteiger partial charge in [-0.2, -0.15) is 8.78 Å². The highest BCUT2D eigenvalue weighted by molar-refractivity contribution is 6.09. The summed E-state index contributed by atoms with van der Waals surface area (Å²) in [5, 5.41) is 0. The van der Waals surface area contributed by atoms with Gasteiger partial charge in [0.1, 0.15) is 5.75 Å². The molecule has 0 spiro atoms. The molecule has 3 rings (SSSR count). The van der Waals surface area contributed by atoms with Crippen LogP contribution in [0.15, 0.2) is 59.6 Å². The summed E-state index contributed by atoms with van der Waals surface area (Å²) in [6, 6.07) is 13.3. The largest absolute Gasteiger partial charge is 0.435 e. The highest BCUT2D eigenvalue weighted by atomic mass is 19.3. The molecule has 2 aromatic rings. The van der Waals surface area contributed by atoms with E-state index in [2.05, 4.69) is 9.73 Å². The van der Waals surface area contributed by atoms with Crippen molar-refractivity contribution >= 4 is 17.9 Å². The molecule has 0 fully saturated rings. The fourth-order valence-electron chi connectivity index (χ4n) is 3.33. The zero-order chi connectivity index (χ0) is 21.7. The molecule has 2 aromatic carbocycles. The van der Waals surface area contributed by atoms with Gasteiger partial charge in [0.25, 0.3) is 5.91 Å². The first kappa shape index (κ1) is 21.4. The van der Waals surface area contributed by atoms with E-state index in [4.69, 9.17) is 10.5 Å². The van der Waals surface area contributed by atoms with Gasteiger partial charge in [0, 0.05) is 20.8 Å². The number of rotatable bonds is 8. The normalized spacial score (nSPS) is 19.0. The maximum atomic E-state index is 13.3. The van der Waals surface area contributed by atoms with Gasteiger partial charge in [-0.05, 0) is 41.3 Å². The van der Waals surface area contributed by atoms with Crippen LogP contribution in [-0.4, -0.2) is 44.1 Å². The van der Waals surface area contributed by atoms with E-state index in [1.165, 1.54) is 17.0 Å². The summed E-state index contributed by atoms with van der Waals surface area (Å²) >= 11 is 0. The average Bonchev–Trinajstić information content (AvgIpc) is 2.96. The smallest absolute Gasteiger partial charge is 0.387 e. The second-order valence-corrected chi connectivity index (χ2v) is 6.76. The second-order valence-electron chi connectivity index (χ2n) is 6.76. The molecule has 0 bridgehead atoms. The van der Waals surface area contributed by atoms with E-state index >= 15 is 0 Å². The van der Waals surface area contributed by atoms with Crippen LogP contribution in [0.3, 0.4) is 0 Å². The summed E-state index contributed by atoms with van der Waals surface area (Å²) in [6.07, 6.45) is 4.67. The molecule has 1 heterocycles. The van der Waals surface area contributed by atoms with E-state index in [0.717, 1.165) is 12.0 Å². The van der Waals surface area contributed by atoms with E-state index in [-0.39, 0.29) is 17.6 Å². The molecule has 0 aliphatic carbocycles. The van der Waals surface area contributed by atoms with Crippen LogP contribution in [0.25, 0.3) is 6.08 Å². The number of alkyl halides is 2. The molecule has 158 valence electrons. The van der Waals surface area contributed by atoms with E-state index in [9.17, 15) is 13.6 Å². The Morgan fingerprint density at radius 1 is 1.20 bits per heavy atom. The molecule has 0 saturated carbocycles. The van der Waals surface area contributed by atoms with Crippen LogP contribution in [0.2, 0.25) is 0 Å². The minimum absolute atomic E-state index is 0.00511. The predicted octanol–water partition coefficient (Wildman–Crippen LogP) is 3.37. The Hall–Kier alpha value is -3.26. The number of nitrogens with two attached hydrogens (primary N) is 1. The molecule has 2 N–H and O–H groups in total. The first-order valence-electron chi connectivity index (χ1n) is 9.33. The fourth-order valence-corrected chi connectivity index (χ4v) is 3.33. The van der Waals surface area contributed by atoms with Gasteiger partial charge >= 0.3 is 6.61 Å². The second kappa shape index (κ2) is 9.04. The van der Waals surface area contributed by atoms with Gasteiger partial charge in [0.15, 0.2) is 11.5 Å². The number of hydrogen-bond donors (Lipinski definition) is 1. The lowest BCUT2D eigenvalue weighted by Gasteiger charge is -2.26. The maximum absolute atomic E-state index is 13.3. The van der Waals surface area contributed by atoms with Crippen molar-refractivity contribution in [3.63, 3.8) is 0 Å². The lowest BCUT2D eigenvalue weighted by atomic mass is 9.82. The number of benzene rings is 2. The topological polar surface area (TPSA) is 77.2 Å². The summed E-state index contributed by atoms with van der Waals surface area (Å²) in [4.78, 5) is 19.0. The Kier molecular flexibility index (Phi) is 6.47. The number of amides is 1. The third-order valence-corrected chi connectivity index (χ3v) is 4.84. The Balaban J connectivity index is 2.05. The van der Waals surface area contributed by atoms with Crippen LogP contribution < -0.4 is 10.5 Å². The Morgan fingerprint density at radius 3 is 2.53 bits per heavy atom. The highest BCUT2D eigenvalue weighted by Gasteiger charge is 2.49. The lowest BCUT2D eigenvalue weighted by Crippen LogP contribution is -2.41. The van der Waals surface area contributed by atoms with Crippen molar-refractivity contribution in [2.45, 2.75) is 18.6 Å². The van der Waals surface area contributed by atoms with Crippen molar-refractivity contribution in [3.8, 4) is 5.75 Å². The Labute approximate surface area is 173 Å². The summed E-state index contributed by atoms with van der Waals surface area (Å²) < 4.78 is 34.4. The summed E-state index contributed by atoms with van der Waals surface area (Å²) in [7, 11) is 3.19. The van der Waals surface area contributed by atoms with Gasteiger partial charge in [0.2, 0.25) is 0 Å². The number of halogens is 2. The zero-order valence-corrected chi connectivity index (χ0v) is 16.7. The molecule has 30 heavy (non-hydrogen) atoms. The first-order chi connectivity index (χ1) is 14.4. The van der Waals surface area contributed by atoms with Gasteiger partial charge in [-0.15, -0.1) is 0 Å². The lowest BCUT2D eigenvalue weighted by molar-refractivity contribution is -0.129. The van der Waals surface area contributed by atoms with Gasteiger partial charge in [-0.3, -0.25) is 9.69 Å². The molecule has 1 aliphatic heterocycles. The van der Waals surface area contributed by atoms with Crippen molar-refractivity contribution in [1.29, 1.82) is 0 Å². The van der Waals surface area contributed by atoms with Crippen molar-refractivity contribution in [2.24, 2.45) is 10.7 Å². The monoisotopic (exact) mass is 415 g/mol. The number of guanidine groups is 1. The third kappa shape index (κ3) is 4.18.